The van der Waals surface area contributed by atoms with E-state index >= 15 is 0 Å². The van der Waals surface area contributed by atoms with E-state index in [9.17, 15) is 4.79 Å². The van der Waals surface area contributed by atoms with Crippen molar-refractivity contribution in [3.05, 3.63) is 11.6 Å². The van der Waals surface area contributed by atoms with Crippen LogP contribution in [0.5, 0.6) is 0 Å². The van der Waals surface area contributed by atoms with Crippen LogP contribution in [0.25, 0.3) is 0 Å². The average molecular weight is 224 g/mol. The van der Waals surface area contributed by atoms with Gasteiger partial charge in [0.25, 0.3) is 0 Å². The molecule has 2 aliphatic rings. The van der Waals surface area contributed by atoms with E-state index in [1.54, 1.807) is 0 Å². The first-order valence-electron chi connectivity index (χ1n) is 5.94. The van der Waals surface area contributed by atoms with Crippen LogP contribution in [-0.4, -0.2) is 25.3 Å². The van der Waals surface area contributed by atoms with Crippen molar-refractivity contribution >= 4 is 5.97 Å². The van der Waals surface area contributed by atoms with Crippen molar-refractivity contribution in [1.29, 1.82) is 0 Å². The lowest BCUT2D eigenvalue weighted by molar-refractivity contribution is -0.154. The first kappa shape index (κ1) is 11.6. The van der Waals surface area contributed by atoms with Crippen LogP contribution in [0.1, 0.15) is 33.6 Å². The second kappa shape index (κ2) is 4.21. The van der Waals surface area contributed by atoms with Gasteiger partial charge in [0, 0.05) is 18.3 Å². The summed E-state index contributed by atoms with van der Waals surface area (Å²) in [5.41, 5.74) is 1.45. The molecule has 0 N–H and O–H groups in total. The number of carbonyl (C=O) groups excluding carboxylic acids is 1. The van der Waals surface area contributed by atoms with Crippen molar-refractivity contribution in [1.82, 2.24) is 0 Å². The van der Waals surface area contributed by atoms with Crippen LogP contribution in [0.3, 0.4) is 0 Å². The monoisotopic (exact) mass is 224 g/mol. The molecule has 0 amide bonds. The number of rotatable bonds is 2. The van der Waals surface area contributed by atoms with Crippen molar-refractivity contribution in [2.75, 3.05) is 13.2 Å². The van der Waals surface area contributed by atoms with Gasteiger partial charge >= 0.3 is 5.97 Å². The van der Waals surface area contributed by atoms with Gasteiger partial charge in [-0.05, 0) is 26.7 Å². The first-order chi connectivity index (χ1) is 7.52. The molecule has 1 saturated heterocycles. The van der Waals surface area contributed by atoms with Crippen LogP contribution in [-0.2, 0) is 14.3 Å². The summed E-state index contributed by atoms with van der Waals surface area (Å²) >= 11 is 0. The van der Waals surface area contributed by atoms with Crippen LogP contribution in [0.15, 0.2) is 11.6 Å². The Morgan fingerprint density at radius 3 is 3.12 bits per heavy atom. The Bertz CT molecular complexity index is 321. The van der Waals surface area contributed by atoms with Gasteiger partial charge in [0.15, 0.2) is 0 Å². The summed E-state index contributed by atoms with van der Waals surface area (Å²) in [4.78, 5) is 10.9. The molecule has 0 aromatic heterocycles. The Balaban J connectivity index is 2.09. The van der Waals surface area contributed by atoms with Gasteiger partial charge in [-0.3, -0.25) is 4.79 Å². The topological polar surface area (TPSA) is 35.5 Å². The van der Waals surface area contributed by atoms with Gasteiger partial charge in [-0.1, -0.05) is 11.6 Å². The summed E-state index contributed by atoms with van der Waals surface area (Å²) in [5.74, 6) is 0.300. The number of esters is 1. The van der Waals surface area contributed by atoms with Crippen LogP contribution in [0.2, 0.25) is 0 Å². The van der Waals surface area contributed by atoms with E-state index < -0.39 is 0 Å². The van der Waals surface area contributed by atoms with Crippen molar-refractivity contribution in [3.8, 4) is 0 Å². The van der Waals surface area contributed by atoms with Gasteiger partial charge in [0.2, 0.25) is 0 Å². The molecule has 90 valence electrons. The maximum atomic E-state index is 10.9. The summed E-state index contributed by atoms with van der Waals surface area (Å²) in [6.45, 7) is 6.97. The molecule has 3 heteroatoms. The van der Waals surface area contributed by atoms with E-state index in [0.717, 1.165) is 12.8 Å². The molecule has 1 aliphatic carbocycles. The molecule has 0 radical (unpaired) electrons. The molecule has 3 atom stereocenters. The summed E-state index contributed by atoms with van der Waals surface area (Å²) in [5, 5.41) is 0. The van der Waals surface area contributed by atoms with E-state index in [1.807, 2.05) is 0 Å². The Morgan fingerprint density at radius 1 is 1.69 bits per heavy atom. The predicted molar refractivity (Wildman–Crippen MR) is 61.0 cm³/mol. The number of ether oxygens (including phenoxy) is 2. The minimum absolute atomic E-state index is 0.0301. The minimum Gasteiger partial charge on any atom is -0.465 e. The highest BCUT2D eigenvalue weighted by atomic mass is 16.5. The highest BCUT2D eigenvalue weighted by Gasteiger charge is 2.43. The van der Waals surface area contributed by atoms with Gasteiger partial charge in [-0.15, -0.1) is 0 Å². The lowest BCUT2D eigenvalue weighted by atomic mass is 9.68. The third-order valence-electron chi connectivity index (χ3n) is 3.90. The fourth-order valence-corrected chi connectivity index (χ4v) is 2.73. The third-order valence-corrected chi connectivity index (χ3v) is 3.90. The van der Waals surface area contributed by atoms with Crippen LogP contribution in [0.4, 0.5) is 0 Å². The molecule has 0 aromatic rings. The van der Waals surface area contributed by atoms with Crippen LogP contribution in [0, 0.1) is 11.3 Å². The standard InChI is InChI=1S/C13H20O3/c1-9-4-5-13(8-16-11(3)14)6-12(9)10(2)15-7-13/h4,10,12H,5-8H2,1-3H3/t10-,12+,13-/m0/s1. The van der Waals surface area contributed by atoms with Gasteiger partial charge in [0.05, 0.1) is 19.3 Å². The predicted octanol–water partition coefficient (Wildman–Crippen LogP) is 2.31. The molecule has 3 nitrogen and oxygen atoms in total. The van der Waals surface area contributed by atoms with Gasteiger partial charge < -0.3 is 9.47 Å². The number of carbonyl (C=O) groups is 1. The summed E-state index contributed by atoms with van der Waals surface area (Å²) in [6.07, 6.45) is 4.64. The number of fused-ring (bicyclic) bond motifs is 2. The molecule has 0 unspecified atom stereocenters. The van der Waals surface area contributed by atoms with Gasteiger partial charge in [0.1, 0.15) is 0 Å². The molecule has 0 spiro atoms. The van der Waals surface area contributed by atoms with Gasteiger partial charge in [-0.25, -0.2) is 0 Å². The highest BCUT2D eigenvalue weighted by Crippen LogP contribution is 2.45. The van der Waals surface area contributed by atoms with E-state index in [4.69, 9.17) is 9.47 Å². The van der Waals surface area contributed by atoms with Crippen molar-refractivity contribution in [2.45, 2.75) is 39.7 Å². The second-order valence-corrected chi connectivity index (χ2v) is 5.26. The molecule has 0 aromatic carbocycles. The quantitative estimate of drug-likeness (QED) is 0.533. The number of hydrogen-bond acceptors (Lipinski definition) is 3. The van der Waals surface area contributed by atoms with Gasteiger partial charge in [-0.2, -0.15) is 0 Å². The minimum atomic E-state index is -0.198. The third kappa shape index (κ3) is 2.14. The van der Waals surface area contributed by atoms with E-state index in [0.29, 0.717) is 25.2 Å². The zero-order valence-corrected chi connectivity index (χ0v) is 10.3. The average Bonchev–Trinajstić information content (AvgIpc) is 2.26. The highest BCUT2D eigenvalue weighted by molar-refractivity contribution is 5.65. The normalized spacial score (nSPS) is 37.8. The van der Waals surface area contributed by atoms with E-state index in [1.165, 1.54) is 12.5 Å². The lowest BCUT2D eigenvalue weighted by Gasteiger charge is -2.46. The SMILES string of the molecule is CC(=O)OC[C@@]12CC=C(C)[C@@H](C1)[C@H](C)OC2. The lowest BCUT2D eigenvalue weighted by Crippen LogP contribution is -2.46. The largest absolute Gasteiger partial charge is 0.465 e. The molecule has 0 saturated carbocycles. The Morgan fingerprint density at radius 2 is 2.44 bits per heavy atom. The fraction of sp³-hybridized carbons (Fsp3) is 0.769. The second-order valence-electron chi connectivity index (χ2n) is 5.26. The summed E-state index contributed by atoms with van der Waals surface area (Å²) in [6, 6.07) is 0. The zero-order valence-electron chi connectivity index (χ0n) is 10.3. The van der Waals surface area contributed by atoms with Crippen LogP contribution >= 0.6 is 0 Å². The van der Waals surface area contributed by atoms with Crippen molar-refractivity contribution in [3.63, 3.8) is 0 Å². The molecule has 2 rings (SSSR count). The summed E-state index contributed by atoms with van der Waals surface area (Å²) < 4.78 is 11.0. The Hall–Kier alpha value is -0.830. The molecular weight excluding hydrogens is 204 g/mol. The number of allylic oxidation sites excluding steroid dienone is 1. The number of hydrogen-bond donors (Lipinski definition) is 0. The van der Waals surface area contributed by atoms with Crippen LogP contribution < -0.4 is 0 Å². The van der Waals surface area contributed by atoms with E-state index in [-0.39, 0.29) is 11.4 Å². The molecule has 2 bridgehead atoms. The molecule has 1 fully saturated rings. The molecular formula is C13H20O3. The Labute approximate surface area is 96.8 Å². The summed E-state index contributed by atoms with van der Waals surface area (Å²) in [7, 11) is 0. The zero-order chi connectivity index (χ0) is 11.8. The van der Waals surface area contributed by atoms with Crippen molar-refractivity contribution in [2.24, 2.45) is 11.3 Å². The maximum Gasteiger partial charge on any atom is 0.302 e. The first-order valence-corrected chi connectivity index (χ1v) is 5.94. The Kier molecular flexibility index (Phi) is 3.06. The van der Waals surface area contributed by atoms with Crippen molar-refractivity contribution < 1.29 is 14.3 Å². The van der Waals surface area contributed by atoms with E-state index in [2.05, 4.69) is 19.9 Å². The molecule has 1 aliphatic heterocycles. The maximum absolute atomic E-state index is 10.9. The smallest absolute Gasteiger partial charge is 0.302 e. The fourth-order valence-electron chi connectivity index (χ4n) is 2.73. The molecule has 1 heterocycles. The molecule has 16 heavy (non-hydrogen) atoms.